The number of hydrogen-bond acceptors (Lipinski definition) is 5. The average Bonchev–Trinajstić information content (AvgIpc) is 3.40. The first kappa shape index (κ1) is 19.3. The molecule has 7 nitrogen and oxygen atoms in total. The maximum Gasteiger partial charge on any atom is 0.294 e. The van der Waals surface area contributed by atoms with Crippen LogP contribution in [0.3, 0.4) is 0 Å². The summed E-state index contributed by atoms with van der Waals surface area (Å²) in [6.07, 6.45) is 8.21. The van der Waals surface area contributed by atoms with Crippen LogP contribution >= 0.6 is 0 Å². The van der Waals surface area contributed by atoms with Crippen LogP contribution in [0.5, 0.6) is 0 Å². The molecular formula is C23H27N3O4. The minimum absolute atomic E-state index is 0.0864. The van der Waals surface area contributed by atoms with E-state index in [9.17, 15) is 19.7 Å². The van der Waals surface area contributed by atoms with Gasteiger partial charge < -0.3 is 5.32 Å². The molecule has 2 bridgehead atoms. The summed E-state index contributed by atoms with van der Waals surface area (Å²) in [5.41, 5.74) is 0.675. The predicted molar refractivity (Wildman–Crippen MR) is 113 cm³/mol. The first-order valence-corrected chi connectivity index (χ1v) is 11.0. The van der Waals surface area contributed by atoms with E-state index in [1.807, 2.05) is 12.2 Å². The Balaban J connectivity index is 1.44. The van der Waals surface area contributed by atoms with Crippen molar-refractivity contribution in [3.63, 3.8) is 0 Å². The van der Waals surface area contributed by atoms with Crippen LogP contribution in [0, 0.1) is 45.6 Å². The van der Waals surface area contributed by atoms with E-state index in [2.05, 4.69) is 19.2 Å². The number of amides is 2. The van der Waals surface area contributed by atoms with Gasteiger partial charge in [-0.3, -0.25) is 19.7 Å². The van der Waals surface area contributed by atoms with Crippen molar-refractivity contribution < 1.29 is 14.5 Å². The Kier molecular flexibility index (Phi) is 4.45. The molecule has 0 aromatic heterocycles. The Hall–Kier alpha value is -2.70. The molecule has 3 aliphatic carbocycles. The van der Waals surface area contributed by atoms with E-state index in [0.717, 1.165) is 19.3 Å². The van der Waals surface area contributed by atoms with Crippen molar-refractivity contribution in [2.75, 3.05) is 10.2 Å². The van der Waals surface area contributed by atoms with Gasteiger partial charge in [0.15, 0.2) is 0 Å². The number of nitrogens with one attached hydrogen (secondary N) is 1. The minimum Gasteiger partial charge on any atom is -0.376 e. The summed E-state index contributed by atoms with van der Waals surface area (Å²) < 4.78 is 0. The van der Waals surface area contributed by atoms with E-state index < -0.39 is 4.92 Å². The lowest BCUT2D eigenvalue weighted by Gasteiger charge is -2.35. The van der Waals surface area contributed by atoms with Gasteiger partial charge in [-0.1, -0.05) is 38.8 Å². The highest BCUT2D eigenvalue weighted by molar-refractivity contribution is 6.23. The molecule has 3 fully saturated rings. The Morgan fingerprint density at radius 1 is 1.07 bits per heavy atom. The maximum absolute atomic E-state index is 13.0. The number of allylic oxidation sites excluding steroid dienone is 2. The van der Waals surface area contributed by atoms with Crippen molar-refractivity contribution in [3.8, 4) is 0 Å². The van der Waals surface area contributed by atoms with Crippen LogP contribution in [-0.2, 0) is 9.59 Å². The van der Waals surface area contributed by atoms with Gasteiger partial charge in [0.2, 0.25) is 11.8 Å². The molecule has 1 N–H and O–H groups in total. The number of fused-ring (bicyclic) bond motifs is 5. The standard InChI is InChI=1S/C23H27N3O4/c1-12-4-3-5-17(13(12)2)24-18-9-8-16(11-19(18)26(29)30)25-22(27)20-14-6-7-15(10-14)21(20)23(25)28/h6-9,11-15,17,20-21,24H,3-5,10H2,1-2H3. The average molecular weight is 409 g/mol. The van der Waals surface area contributed by atoms with E-state index >= 15 is 0 Å². The third-order valence-corrected chi connectivity index (χ3v) is 7.95. The van der Waals surface area contributed by atoms with Crippen molar-refractivity contribution in [1.82, 2.24) is 0 Å². The van der Waals surface area contributed by atoms with E-state index in [0.29, 0.717) is 23.2 Å². The highest BCUT2D eigenvalue weighted by Crippen LogP contribution is 2.53. The van der Waals surface area contributed by atoms with E-state index in [4.69, 9.17) is 0 Å². The number of hydrogen-bond donors (Lipinski definition) is 1. The van der Waals surface area contributed by atoms with Crippen molar-refractivity contribution in [3.05, 3.63) is 40.5 Å². The molecule has 1 aromatic carbocycles. The number of imide groups is 1. The Bertz CT molecular complexity index is 928. The molecule has 0 spiro atoms. The SMILES string of the molecule is CC1CCCC(Nc2ccc(N3C(=O)C4C5C=CC(C5)C4C3=O)cc2[N+](=O)[O-])C1C. The number of carbonyl (C=O) groups excluding carboxylic acids is 2. The second-order valence-corrected chi connectivity index (χ2v) is 9.49. The number of nitro benzene ring substituents is 1. The number of carbonyl (C=O) groups is 2. The fraction of sp³-hybridized carbons (Fsp3) is 0.565. The first-order chi connectivity index (χ1) is 14.4. The number of nitrogens with zero attached hydrogens (tertiary/aromatic N) is 2. The van der Waals surface area contributed by atoms with Gasteiger partial charge in [-0.05, 0) is 48.6 Å². The van der Waals surface area contributed by atoms with E-state index in [1.54, 1.807) is 12.1 Å². The summed E-state index contributed by atoms with van der Waals surface area (Å²) in [4.78, 5) is 38.6. The fourth-order valence-electron chi connectivity index (χ4n) is 6.07. The highest BCUT2D eigenvalue weighted by atomic mass is 16.6. The molecular weight excluding hydrogens is 382 g/mol. The Morgan fingerprint density at radius 3 is 2.37 bits per heavy atom. The molecule has 30 heavy (non-hydrogen) atoms. The molecule has 2 amide bonds. The van der Waals surface area contributed by atoms with Crippen LogP contribution in [0.15, 0.2) is 30.4 Å². The number of nitro groups is 1. The lowest BCUT2D eigenvalue weighted by atomic mass is 9.78. The normalized spacial score (nSPS) is 37.0. The van der Waals surface area contributed by atoms with Crippen LogP contribution in [0.4, 0.5) is 17.1 Å². The minimum atomic E-state index is -0.431. The van der Waals surface area contributed by atoms with Gasteiger partial charge in [-0.2, -0.15) is 0 Å². The quantitative estimate of drug-likeness (QED) is 0.349. The molecule has 7 unspecified atom stereocenters. The van der Waals surface area contributed by atoms with Crippen molar-refractivity contribution in [1.29, 1.82) is 0 Å². The smallest absolute Gasteiger partial charge is 0.294 e. The number of benzene rings is 1. The zero-order valence-corrected chi connectivity index (χ0v) is 17.3. The summed E-state index contributed by atoms with van der Waals surface area (Å²) in [5.74, 6) is 0.167. The van der Waals surface area contributed by atoms with E-state index in [1.165, 1.54) is 17.4 Å². The highest BCUT2D eigenvalue weighted by Gasteiger charge is 2.59. The Morgan fingerprint density at radius 2 is 1.73 bits per heavy atom. The molecule has 0 radical (unpaired) electrons. The molecule has 1 aliphatic heterocycles. The summed E-state index contributed by atoms with van der Waals surface area (Å²) in [6, 6.07) is 4.87. The monoisotopic (exact) mass is 409 g/mol. The van der Waals surface area contributed by atoms with Gasteiger partial charge in [0.05, 0.1) is 22.4 Å². The van der Waals surface area contributed by atoms with Gasteiger partial charge in [0.1, 0.15) is 5.69 Å². The summed E-state index contributed by atoms with van der Waals surface area (Å²) >= 11 is 0. The van der Waals surface area contributed by atoms with Gasteiger partial charge in [0.25, 0.3) is 5.69 Å². The maximum atomic E-state index is 13.0. The van der Waals surface area contributed by atoms with Crippen molar-refractivity contribution >= 4 is 28.9 Å². The molecule has 7 heteroatoms. The largest absolute Gasteiger partial charge is 0.376 e. The fourth-order valence-corrected chi connectivity index (χ4v) is 6.07. The molecule has 158 valence electrons. The zero-order valence-electron chi connectivity index (χ0n) is 17.3. The molecule has 5 rings (SSSR count). The lowest BCUT2D eigenvalue weighted by Crippen LogP contribution is -2.35. The van der Waals surface area contributed by atoms with Crippen LogP contribution in [-0.4, -0.2) is 22.8 Å². The lowest BCUT2D eigenvalue weighted by molar-refractivity contribution is -0.383. The molecule has 1 saturated heterocycles. The Labute approximate surface area is 175 Å². The van der Waals surface area contributed by atoms with Crippen LogP contribution < -0.4 is 10.2 Å². The number of anilines is 2. The first-order valence-electron chi connectivity index (χ1n) is 11.0. The third kappa shape index (κ3) is 2.78. The van der Waals surface area contributed by atoms with Crippen LogP contribution in [0.1, 0.15) is 39.5 Å². The zero-order chi connectivity index (χ0) is 21.2. The molecule has 1 aromatic rings. The van der Waals surface area contributed by atoms with Gasteiger partial charge in [0, 0.05) is 12.1 Å². The van der Waals surface area contributed by atoms with Crippen LogP contribution in [0.2, 0.25) is 0 Å². The molecule has 2 saturated carbocycles. The second kappa shape index (κ2) is 6.93. The summed E-state index contributed by atoms with van der Waals surface area (Å²) in [5, 5.41) is 15.2. The summed E-state index contributed by atoms with van der Waals surface area (Å²) in [7, 11) is 0. The van der Waals surface area contributed by atoms with E-state index in [-0.39, 0.29) is 47.2 Å². The van der Waals surface area contributed by atoms with Gasteiger partial charge >= 0.3 is 0 Å². The van der Waals surface area contributed by atoms with Gasteiger partial charge in [-0.15, -0.1) is 0 Å². The van der Waals surface area contributed by atoms with Crippen molar-refractivity contribution in [2.24, 2.45) is 35.5 Å². The topological polar surface area (TPSA) is 92.6 Å². The molecule has 1 heterocycles. The van der Waals surface area contributed by atoms with Gasteiger partial charge in [-0.25, -0.2) is 4.90 Å². The molecule has 7 atom stereocenters. The summed E-state index contributed by atoms with van der Waals surface area (Å²) in [6.45, 7) is 4.41. The molecule has 4 aliphatic rings. The number of rotatable bonds is 4. The van der Waals surface area contributed by atoms with Crippen molar-refractivity contribution in [2.45, 2.75) is 45.6 Å². The third-order valence-electron chi connectivity index (χ3n) is 7.95. The van der Waals surface area contributed by atoms with Crippen LogP contribution in [0.25, 0.3) is 0 Å². The second-order valence-electron chi connectivity index (χ2n) is 9.49. The predicted octanol–water partition coefficient (Wildman–Crippen LogP) is 4.14.